The Morgan fingerprint density at radius 3 is 2.62 bits per heavy atom. The van der Waals surface area contributed by atoms with E-state index in [-0.39, 0.29) is 11.9 Å². The Morgan fingerprint density at radius 1 is 1.33 bits per heavy atom. The van der Waals surface area contributed by atoms with Crippen LogP contribution in [-0.2, 0) is 6.42 Å². The minimum atomic E-state index is 0.141. The summed E-state index contributed by atoms with van der Waals surface area (Å²) in [7, 11) is 4.08. The van der Waals surface area contributed by atoms with E-state index in [1.54, 1.807) is 6.20 Å². The third kappa shape index (κ3) is 4.76. The Hall–Kier alpha value is -2.48. The highest BCUT2D eigenvalue weighted by molar-refractivity contribution is 5.81. The van der Waals surface area contributed by atoms with Crippen molar-refractivity contribution in [2.24, 2.45) is 0 Å². The summed E-state index contributed by atoms with van der Waals surface area (Å²) < 4.78 is 1.46. The van der Waals surface area contributed by atoms with E-state index in [1.807, 2.05) is 26.2 Å². The second kappa shape index (κ2) is 7.87. The number of pyridine rings is 1. The fraction of sp³-hybridized carbons (Fsp3) is 0.500. The van der Waals surface area contributed by atoms with Gasteiger partial charge in [0.15, 0.2) is 0 Å². The Labute approximate surface area is 142 Å². The molecule has 0 saturated carbocycles. The average Bonchev–Trinajstić information content (AvgIpc) is 2.86. The van der Waals surface area contributed by atoms with Crippen LogP contribution in [-0.4, -0.2) is 50.5 Å². The maximum Gasteiger partial charge on any atom is 0.241 e. The van der Waals surface area contributed by atoms with Crippen LogP contribution in [0, 0.1) is 5.41 Å². The van der Waals surface area contributed by atoms with Crippen molar-refractivity contribution in [3.63, 3.8) is 0 Å². The summed E-state index contributed by atoms with van der Waals surface area (Å²) in [5.41, 5.74) is 13.8. The van der Waals surface area contributed by atoms with Gasteiger partial charge in [0.25, 0.3) is 0 Å². The molecule has 8 nitrogen and oxygen atoms in total. The molecule has 1 unspecified atom stereocenters. The van der Waals surface area contributed by atoms with Gasteiger partial charge in [0.2, 0.25) is 11.9 Å². The van der Waals surface area contributed by atoms with Gasteiger partial charge in [0.05, 0.1) is 11.9 Å². The van der Waals surface area contributed by atoms with Gasteiger partial charge in [-0.3, -0.25) is 4.98 Å². The summed E-state index contributed by atoms with van der Waals surface area (Å²) in [5, 5.41) is 12.1. The molecule has 2 aromatic heterocycles. The molecule has 0 fully saturated rings. The highest BCUT2D eigenvalue weighted by Gasteiger charge is 2.09. The van der Waals surface area contributed by atoms with E-state index in [9.17, 15) is 0 Å². The number of nitrogens with one attached hydrogen (secondary N) is 1. The molecule has 0 aliphatic rings. The van der Waals surface area contributed by atoms with Crippen LogP contribution in [0.3, 0.4) is 0 Å². The van der Waals surface area contributed by atoms with Gasteiger partial charge in [-0.1, -0.05) is 0 Å². The van der Waals surface area contributed by atoms with Crippen molar-refractivity contribution in [3.05, 3.63) is 24.0 Å². The molecule has 0 bridgehead atoms. The van der Waals surface area contributed by atoms with Gasteiger partial charge in [0.1, 0.15) is 0 Å². The molecule has 24 heavy (non-hydrogen) atoms. The normalized spacial score (nSPS) is 12.5. The van der Waals surface area contributed by atoms with Gasteiger partial charge in [0, 0.05) is 23.9 Å². The van der Waals surface area contributed by atoms with Crippen LogP contribution >= 0.6 is 0 Å². The van der Waals surface area contributed by atoms with E-state index in [2.05, 4.69) is 26.9 Å². The first-order chi connectivity index (χ1) is 11.4. The van der Waals surface area contributed by atoms with Crippen LogP contribution in [0.25, 0.3) is 5.69 Å². The molecule has 0 aromatic carbocycles. The van der Waals surface area contributed by atoms with Crippen LogP contribution in [0.5, 0.6) is 0 Å². The molecule has 0 aliphatic carbocycles. The largest absolute Gasteiger partial charge is 0.368 e. The first-order valence-corrected chi connectivity index (χ1v) is 8.03. The number of nitrogens with two attached hydrogens (primary N) is 2. The van der Waals surface area contributed by atoms with Crippen molar-refractivity contribution < 1.29 is 0 Å². The lowest BCUT2D eigenvalue weighted by molar-refractivity contribution is 0.320. The molecular weight excluding hydrogens is 304 g/mol. The molecule has 2 rings (SSSR count). The van der Waals surface area contributed by atoms with E-state index in [0.29, 0.717) is 6.04 Å². The highest BCUT2D eigenvalue weighted by atomic mass is 15.4. The maximum absolute atomic E-state index is 8.06. The number of aryl methyl sites for hydroxylation is 1. The third-order valence-corrected chi connectivity index (χ3v) is 4.04. The van der Waals surface area contributed by atoms with Gasteiger partial charge >= 0.3 is 0 Å². The van der Waals surface area contributed by atoms with Crippen LogP contribution in [0.2, 0.25) is 0 Å². The molecule has 2 heterocycles. The molecule has 5 N–H and O–H groups in total. The highest BCUT2D eigenvalue weighted by Crippen LogP contribution is 2.13. The summed E-state index contributed by atoms with van der Waals surface area (Å²) in [6.07, 6.45) is 5.08. The van der Waals surface area contributed by atoms with Gasteiger partial charge in [-0.25, -0.2) is 0 Å². The number of nitrogens with zero attached hydrogens (tertiary/aromatic N) is 5. The molecule has 0 aliphatic heterocycles. The number of rotatable bonds is 8. The van der Waals surface area contributed by atoms with E-state index in [1.165, 1.54) is 4.68 Å². The maximum atomic E-state index is 8.06. The van der Waals surface area contributed by atoms with Crippen molar-refractivity contribution in [2.75, 3.05) is 25.6 Å². The Kier molecular flexibility index (Phi) is 5.86. The predicted molar refractivity (Wildman–Crippen MR) is 96.4 cm³/mol. The average molecular weight is 330 g/mol. The summed E-state index contributed by atoms with van der Waals surface area (Å²) in [5.74, 6) is 0.382. The van der Waals surface area contributed by atoms with E-state index in [4.69, 9.17) is 16.9 Å². The van der Waals surface area contributed by atoms with Gasteiger partial charge < -0.3 is 21.8 Å². The Balaban J connectivity index is 1.84. The minimum Gasteiger partial charge on any atom is -0.368 e. The minimum absolute atomic E-state index is 0.141. The van der Waals surface area contributed by atoms with E-state index >= 15 is 0 Å². The SMILES string of the molecule is CC(CC(=N)CCCc1ccc(-n2nc(N)nc2N)cn1)N(C)C. The van der Waals surface area contributed by atoms with Crippen molar-refractivity contribution in [3.8, 4) is 5.69 Å². The van der Waals surface area contributed by atoms with Gasteiger partial charge in [-0.2, -0.15) is 9.67 Å². The molecule has 130 valence electrons. The second-order valence-corrected chi connectivity index (χ2v) is 6.22. The number of nitrogen functional groups attached to an aromatic ring is 2. The fourth-order valence-corrected chi connectivity index (χ4v) is 2.34. The smallest absolute Gasteiger partial charge is 0.241 e. The summed E-state index contributed by atoms with van der Waals surface area (Å²) >= 11 is 0. The monoisotopic (exact) mass is 330 g/mol. The van der Waals surface area contributed by atoms with Crippen molar-refractivity contribution in [1.29, 1.82) is 5.41 Å². The molecule has 1 atom stereocenters. The lowest BCUT2D eigenvalue weighted by Gasteiger charge is -2.19. The molecular formula is C16H26N8. The van der Waals surface area contributed by atoms with Crippen molar-refractivity contribution >= 4 is 17.6 Å². The zero-order chi connectivity index (χ0) is 17.7. The van der Waals surface area contributed by atoms with E-state index in [0.717, 1.165) is 42.8 Å². The molecule has 8 heteroatoms. The molecule has 0 spiro atoms. The topological polar surface area (TPSA) is 123 Å². The van der Waals surface area contributed by atoms with Crippen LogP contribution in [0.4, 0.5) is 11.9 Å². The van der Waals surface area contributed by atoms with Gasteiger partial charge in [-0.05, 0) is 52.4 Å². The Morgan fingerprint density at radius 2 is 2.08 bits per heavy atom. The first-order valence-electron chi connectivity index (χ1n) is 8.03. The van der Waals surface area contributed by atoms with Crippen molar-refractivity contribution in [2.45, 2.75) is 38.6 Å². The number of anilines is 2. The molecule has 2 aromatic rings. The van der Waals surface area contributed by atoms with Crippen LogP contribution in [0.1, 0.15) is 31.9 Å². The summed E-state index contributed by atoms with van der Waals surface area (Å²) in [4.78, 5) is 10.4. The third-order valence-electron chi connectivity index (χ3n) is 4.04. The second-order valence-electron chi connectivity index (χ2n) is 6.22. The van der Waals surface area contributed by atoms with Crippen molar-refractivity contribution in [1.82, 2.24) is 24.6 Å². The number of hydrogen-bond acceptors (Lipinski definition) is 7. The zero-order valence-electron chi connectivity index (χ0n) is 14.5. The van der Waals surface area contributed by atoms with Crippen LogP contribution < -0.4 is 11.5 Å². The van der Waals surface area contributed by atoms with E-state index < -0.39 is 0 Å². The van der Waals surface area contributed by atoms with Gasteiger partial charge in [-0.15, -0.1) is 5.10 Å². The lowest BCUT2D eigenvalue weighted by atomic mass is 10.0. The Bertz CT molecular complexity index is 674. The lowest BCUT2D eigenvalue weighted by Crippen LogP contribution is -2.27. The zero-order valence-corrected chi connectivity index (χ0v) is 14.5. The number of hydrogen-bond donors (Lipinski definition) is 3. The fourth-order valence-electron chi connectivity index (χ4n) is 2.34. The predicted octanol–water partition coefficient (Wildman–Crippen LogP) is 1.51. The first kappa shape index (κ1) is 17.9. The number of aromatic nitrogens is 4. The standard InChI is InChI=1S/C16H26N8/c1-11(23(2)3)9-12(17)5-4-6-13-7-8-14(10-20-13)24-16(19)21-15(18)22-24/h7-8,10-11,17H,4-6,9H2,1-3H3,(H4,18,19,21,22). The quantitative estimate of drug-likeness (QED) is 0.630. The molecule has 0 amide bonds. The summed E-state index contributed by atoms with van der Waals surface area (Å²) in [6.45, 7) is 2.14. The van der Waals surface area contributed by atoms with Crippen LogP contribution in [0.15, 0.2) is 18.3 Å². The molecule has 0 radical (unpaired) electrons. The summed E-state index contributed by atoms with van der Waals surface area (Å²) in [6, 6.07) is 4.24. The molecule has 0 saturated heterocycles.